The number of carbonyl (C=O) groups is 1. The Morgan fingerprint density at radius 1 is 1.65 bits per heavy atom. The topological polar surface area (TPSA) is 102 Å². The molecule has 0 unspecified atom stereocenters. The van der Waals surface area contributed by atoms with Crippen molar-refractivity contribution < 1.29 is 9.72 Å². The first-order chi connectivity index (χ1) is 7.91. The second-order valence-corrected chi connectivity index (χ2v) is 4.11. The van der Waals surface area contributed by atoms with Crippen molar-refractivity contribution in [2.45, 2.75) is 13.8 Å². The van der Waals surface area contributed by atoms with Crippen LogP contribution in [-0.4, -0.2) is 41.1 Å². The predicted molar refractivity (Wildman–Crippen MR) is 63.0 cm³/mol. The SMILES string of the molecule is CC(C)C(=O)N1CCN=C(/C=C(\N)[N+](=O)[O-])C1. The van der Waals surface area contributed by atoms with Gasteiger partial charge in [0.05, 0.1) is 24.9 Å². The lowest BCUT2D eigenvalue weighted by Crippen LogP contribution is -2.42. The van der Waals surface area contributed by atoms with Crippen LogP contribution in [0.3, 0.4) is 0 Å². The van der Waals surface area contributed by atoms with Gasteiger partial charge in [-0.15, -0.1) is 0 Å². The largest absolute Gasteiger partial charge is 0.358 e. The van der Waals surface area contributed by atoms with Crippen molar-refractivity contribution in [1.82, 2.24) is 4.90 Å². The van der Waals surface area contributed by atoms with Crippen molar-refractivity contribution in [2.24, 2.45) is 16.6 Å². The molecule has 0 saturated heterocycles. The van der Waals surface area contributed by atoms with Gasteiger partial charge in [-0.3, -0.25) is 15.5 Å². The van der Waals surface area contributed by atoms with Crippen LogP contribution in [0.1, 0.15) is 13.8 Å². The van der Waals surface area contributed by atoms with Gasteiger partial charge in [-0.25, -0.2) is 0 Å². The van der Waals surface area contributed by atoms with E-state index in [1.807, 2.05) is 13.8 Å². The second-order valence-electron chi connectivity index (χ2n) is 4.11. The number of aliphatic imine (C=N–C) groups is 1. The summed E-state index contributed by atoms with van der Waals surface area (Å²) in [5.41, 5.74) is 5.68. The third-order valence-electron chi connectivity index (χ3n) is 2.37. The van der Waals surface area contributed by atoms with Crippen molar-refractivity contribution >= 4 is 11.6 Å². The van der Waals surface area contributed by atoms with Crippen molar-refractivity contribution in [3.63, 3.8) is 0 Å². The van der Waals surface area contributed by atoms with Crippen LogP contribution in [0.15, 0.2) is 16.9 Å². The first kappa shape index (κ1) is 13.1. The van der Waals surface area contributed by atoms with Gasteiger partial charge in [0.25, 0.3) is 0 Å². The molecule has 0 saturated carbocycles. The van der Waals surface area contributed by atoms with E-state index in [9.17, 15) is 14.9 Å². The molecule has 0 atom stereocenters. The molecule has 0 aromatic carbocycles. The summed E-state index contributed by atoms with van der Waals surface area (Å²) >= 11 is 0. The summed E-state index contributed by atoms with van der Waals surface area (Å²) < 4.78 is 0. The Labute approximate surface area is 99.1 Å². The van der Waals surface area contributed by atoms with Gasteiger partial charge in [0.1, 0.15) is 0 Å². The van der Waals surface area contributed by atoms with Crippen LogP contribution in [0.2, 0.25) is 0 Å². The number of rotatable bonds is 3. The maximum Gasteiger partial charge on any atom is 0.315 e. The molecule has 7 nitrogen and oxygen atoms in total. The summed E-state index contributed by atoms with van der Waals surface area (Å²) in [6.07, 6.45) is 1.21. The third kappa shape index (κ3) is 3.54. The van der Waals surface area contributed by atoms with E-state index in [4.69, 9.17) is 5.73 Å². The standard InChI is InChI=1S/C10H16N4O3/c1-7(2)10(15)13-4-3-12-8(6-13)5-9(11)14(16)17/h5,7H,3-4,6,11H2,1-2H3/b9-5+. The molecule has 0 fully saturated rings. The fourth-order valence-corrected chi connectivity index (χ4v) is 1.51. The van der Waals surface area contributed by atoms with Gasteiger partial charge in [-0.2, -0.15) is 0 Å². The molecule has 17 heavy (non-hydrogen) atoms. The number of nitro groups is 1. The average Bonchev–Trinajstić information content (AvgIpc) is 2.28. The van der Waals surface area contributed by atoms with Gasteiger partial charge in [-0.05, 0) is 4.92 Å². The van der Waals surface area contributed by atoms with Gasteiger partial charge in [0, 0.05) is 12.5 Å². The summed E-state index contributed by atoms with van der Waals surface area (Å²) in [6.45, 7) is 4.91. The summed E-state index contributed by atoms with van der Waals surface area (Å²) in [5, 5.41) is 10.4. The monoisotopic (exact) mass is 240 g/mol. The van der Waals surface area contributed by atoms with Crippen molar-refractivity contribution in [3.8, 4) is 0 Å². The molecule has 1 rings (SSSR count). The molecule has 0 radical (unpaired) electrons. The Balaban J connectivity index is 2.73. The van der Waals surface area contributed by atoms with E-state index in [2.05, 4.69) is 4.99 Å². The minimum absolute atomic E-state index is 0.0190. The lowest BCUT2D eigenvalue weighted by Gasteiger charge is -2.27. The minimum Gasteiger partial charge on any atom is -0.358 e. The zero-order chi connectivity index (χ0) is 13.0. The molecule has 0 bridgehead atoms. The average molecular weight is 240 g/mol. The van der Waals surface area contributed by atoms with E-state index >= 15 is 0 Å². The van der Waals surface area contributed by atoms with Gasteiger partial charge in [0.15, 0.2) is 0 Å². The zero-order valence-corrected chi connectivity index (χ0v) is 9.92. The van der Waals surface area contributed by atoms with Crippen LogP contribution in [0.5, 0.6) is 0 Å². The van der Waals surface area contributed by atoms with E-state index in [-0.39, 0.29) is 18.4 Å². The van der Waals surface area contributed by atoms with Crippen LogP contribution >= 0.6 is 0 Å². The second kappa shape index (κ2) is 5.42. The Kier molecular flexibility index (Phi) is 4.19. The molecular formula is C10H16N4O3. The quantitative estimate of drug-likeness (QED) is 0.554. The van der Waals surface area contributed by atoms with Gasteiger partial charge < -0.3 is 15.0 Å². The molecule has 1 aliphatic rings. The Hall–Kier alpha value is -1.92. The summed E-state index contributed by atoms with van der Waals surface area (Å²) in [6, 6.07) is 0. The van der Waals surface area contributed by atoms with E-state index < -0.39 is 10.7 Å². The van der Waals surface area contributed by atoms with Crippen LogP contribution in [0, 0.1) is 16.0 Å². The molecule has 7 heteroatoms. The minimum atomic E-state index is -0.675. The number of nitrogens with zero attached hydrogens (tertiary/aromatic N) is 3. The fourth-order valence-electron chi connectivity index (χ4n) is 1.51. The van der Waals surface area contributed by atoms with Crippen molar-refractivity contribution in [2.75, 3.05) is 19.6 Å². The summed E-state index contributed by atoms with van der Waals surface area (Å²) in [5.74, 6) is -0.528. The van der Waals surface area contributed by atoms with E-state index in [1.165, 1.54) is 6.08 Å². The molecule has 0 aromatic rings. The van der Waals surface area contributed by atoms with Crippen LogP contribution in [-0.2, 0) is 4.79 Å². The normalized spacial score (nSPS) is 17.0. The smallest absolute Gasteiger partial charge is 0.315 e. The van der Waals surface area contributed by atoms with Gasteiger partial charge in [0.2, 0.25) is 5.91 Å². The third-order valence-corrected chi connectivity index (χ3v) is 2.37. The highest BCUT2D eigenvalue weighted by atomic mass is 16.6. The number of carbonyl (C=O) groups excluding carboxylic acids is 1. The van der Waals surface area contributed by atoms with E-state index in [0.29, 0.717) is 18.8 Å². The van der Waals surface area contributed by atoms with Crippen LogP contribution in [0.4, 0.5) is 0 Å². The lowest BCUT2D eigenvalue weighted by molar-refractivity contribution is -0.426. The maximum atomic E-state index is 11.7. The fraction of sp³-hybridized carbons (Fsp3) is 0.600. The number of hydrogen-bond acceptors (Lipinski definition) is 5. The zero-order valence-electron chi connectivity index (χ0n) is 9.92. The van der Waals surface area contributed by atoms with Gasteiger partial charge in [-0.1, -0.05) is 13.8 Å². The van der Waals surface area contributed by atoms with Crippen molar-refractivity contribution in [1.29, 1.82) is 0 Å². The Morgan fingerprint density at radius 2 is 2.29 bits per heavy atom. The highest BCUT2D eigenvalue weighted by molar-refractivity contribution is 5.99. The molecule has 0 aromatic heterocycles. The van der Waals surface area contributed by atoms with Gasteiger partial charge >= 0.3 is 5.82 Å². The maximum absolute atomic E-state index is 11.7. The molecule has 1 aliphatic heterocycles. The Morgan fingerprint density at radius 3 is 2.82 bits per heavy atom. The first-order valence-corrected chi connectivity index (χ1v) is 5.35. The molecule has 2 N–H and O–H groups in total. The summed E-state index contributed by atoms with van der Waals surface area (Å²) in [4.78, 5) is 27.2. The molecule has 94 valence electrons. The number of nitrogens with two attached hydrogens (primary N) is 1. The highest BCUT2D eigenvalue weighted by Crippen LogP contribution is 2.06. The highest BCUT2D eigenvalue weighted by Gasteiger charge is 2.21. The Bertz CT molecular complexity index is 387. The van der Waals surface area contributed by atoms with Crippen LogP contribution in [0.25, 0.3) is 0 Å². The lowest BCUT2D eigenvalue weighted by atomic mass is 10.1. The molecule has 1 heterocycles. The molecular weight excluding hydrogens is 224 g/mol. The summed E-state index contributed by atoms with van der Waals surface area (Å²) in [7, 11) is 0. The van der Waals surface area contributed by atoms with E-state index in [0.717, 1.165) is 0 Å². The van der Waals surface area contributed by atoms with E-state index in [1.54, 1.807) is 4.90 Å². The number of amides is 1. The van der Waals surface area contributed by atoms with Crippen molar-refractivity contribution in [3.05, 3.63) is 22.0 Å². The number of hydrogen-bond donors (Lipinski definition) is 1. The van der Waals surface area contributed by atoms with Crippen LogP contribution < -0.4 is 5.73 Å². The molecule has 0 aliphatic carbocycles. The predicted octanol–water partition coefficient (Wildman–Crippen LogP) is 0.00240. The first-order valence-electron chi connectivity index (χ1n) is 5.35. The molecule has 1 amide bonds. The molecule has 0 spiro atoms.